The van der Waals surface area contributed by atoms with Crippen LogP contribution in [0.3, 0.4) is 0 Å². The Kier molecular flexibility index (Phi) is 5.99. The molecule has 1 unspecified atom stereocenters. The van der Waals surface area contributed by atoms with Gasteiger partial charge in [0.25, 0.3) is 5.91 Å². The zero-order valence-corrected chi connectivity index (χ0v) is 13.1. The van der Waals surface area contributed by atoms with Crippen LogP contribution in [-0.2, 0) is 4.79 Å². The van der Waals surface area contributed by atoms with Crippen molar-refractivity contribution in [1.29, 1.82) is 0 Å². The number of nitrogens with one attached hydrogen (secondary N) is 2. The molecule has 132 valence electrons. The quantitative estimate of drug-likeness (QED) is 0.839. The average Bonchev–Trinajstić information content (AvgIpc) is 2.56. The van der Waals surface area contributed by atoms with Gasteiger partial charge in [0.2, 0.25) is 5.91 Å². The van der Waals surface area contributed by atoms with E-state index < -0.39 is 30.3 Å². The summed E-state index contributed by atoms with van der Waals surface area (Å²) in [5.74, 6) is -2.37. The van der Waals surface area contributed by atoms with Gasteiger partial charge >= 0.3 is 6.61 Å². The molecule has 1 atom stereocenters. The number of hydrogen-bond donors (Lipinski definition) is 2. The summed E-state index contributed by atoms with van der Waals surface area (Å²) in [6.45, 7) is -1.67. The molecule has 0 aromatic heterocycles. The number of halogens is 3. The summed E-state index contributed by atoms with van der Waals surface area (Å²) in [6, 6.07) is 9.92. The smallest absolute Gasteiger partial charge is 0.387 e. The van der Waals surface area contributed by atoms with Crippen molar-refractivity contribution in [1.82, 2.24) is 5.32 Å². The first-order chi connectivity index (χ1) is 11.9. The number of ether oxygens (including phenoxy) is 1. The van der Waals surface area contributed by atoms with E-state index in [4.69, 9.17) is 0 Å². The Morgan fingerprint density at radius 3 is 2.36 bits per heavy atom. The maximum Gasteiger partial charge on any atom is 0.387 e. The minimum absolute atomic E-state index is 0.0276. The maximum absolute atomic E-state index is 13.6. The molecule has 0 saturated carbocycles. The van der Waals surface area contributed by atoms with Crippen molar-refractivity contribution in [3.05, 3.63) is 59.9 Å². The van der Waals surface area contributed by atoms with Crippen LogP contribution in [0.5, 0.6) is 5.75 Å². The van der Waals surface area contributed by atoms with Crippen LogP contribution in [0, 0.1) is 5.82 Å². The number of hydrogen-bond acceptors (Lipinski definition) is 3. The normalized spacial score (nSPS) is 11.7. The van der Waals surface area contributed by atoms with Crippen molar-refractivity contribution in [3.63, 3.8) is 0 Å². The summed E-state index contributed by atoms with van der Waals surface area (Å²) in [5.41, 5.74) is -0.177. The Labute approximate surface area is 141 Å². The highest BCUT2D eigenvalue weighted by molar-refractivity contribution is 6.01. The Morgan fingerprint density at radius 2 is 1.68 bits per heavy atom. The molecule has 0 fully saturated rings. The average molecular weight is 352 g/mol. The lowest BCUT2D eigenvalue weighted by Gasteiger charge is -2.16. The number of benzene rings is 2. The molecule has 0 aliphatic rings. The van der Waals surface area contributed by atoms with E-state index in [2.05, 4.69) is 15.4 Å². The molecule has 0 bridgehead atoms. The number of carbonyl (C=O) groups is 2. The third-order valence-electron chi connectivity index (χ3n) is 3.22. The van der Waals surface area contributed by atoms with Gasteiger partial charge in [-0.2, -0.15) is 8.78 Å². The molecule has 2 aromatic carbocycles. The molecule has 25 heavy (non-hydrogen) atoms. The van der Waals surface area contributed by atoms with Crippen LogP contribution in [0.1, 0.15) is 17.3 Å². The van der Waals surface area contributed by atoms with Crippen LogP contribution in [0.15, 0.2) is 48.5 Å². The lowest BCUT2D eigenvalue weighted by molar-refractivity contribution is -0.117. The summed E-state index contributed by atoms with van der Waals surface area (Å²) >= 11 is 0. The molecule has 0 spiro atoms. The minimum Gasteiger partial charge on any atom is -0.433 e. The number of anilines is 1. The Morgan fingerprint density at radius 1 is 1.04 bits per heavy atom. The van der Waals surface area contributed by atoms with Crippen molar-refractivity contribution in [2.75, 3.05) is 5.32 Å². The van der Waals surface area contributed by atoms with Gasteiger partial charge in [-0.3, -0.25) is 9.59 Å². The molecule has 8 heteroatoms. The Hall–Kier alpha value is -3.03. The number of amides is 2. The molecule has 0 heterocycles. The number of alkyl halides is 2. The van der Waals surface area contributed by atoms with Crippen molar-refractivity contribution in [2.45, 2.75) is 19.6 Å². The van der Waals surface area contributed by atoms with E-state index in [1.807, 2.05) is 0 Å². The van der Waals surface area contributed by atoms with Gasteiger partial charge < -0.3 is 15.4 Å². The van der Waals surface area contributed by atoms with Gasteiger partial charge in [0.15, 0.2) is 0 Å². The summed E-state index contributed by atoms with van der Waals surface area (Å²) in [6.07, 6.45) is 0. The second-order valence-corrected chi connectivity index (χ2v) is 5.04. The topological polar surface area (TPSA) is 67.4 Å². The van der Waals surface area contributed by atoms with Gasteiger partial charge in [0.05, 0.1) is 11.3 Å². The SMILES string of the molecule is CC(NC(=O)c1ccccc1F)C(=O)Nc1ccccc1OC(F)F. The van der Waals surface area contributed by atoms with Crippen LogP contribution in [-0.4, -0.2) is 24.5 Å². The van der Waals surface area contributed by atoms with E-state index in [1.165, 1.54) is 49.4 Å². The van der Waals surface area contributed by atoms with Crippen molar-refractivity contribution in [2.24, 2.45) is 0 Å². The second kappa shape index (κ2) is 8.18. The van der Waals surface area contributed by atoms with Crippen LogP contribution < -0.4 is 15.4 Å². The van der Waals surface area contributed by atoms with Gasteiger partial charge in [0.1, 0.15) is 17.6 Å². The fraction of sp³-hybridized carbons (Fsp3) is 0.176. The zero-order chi connectivity index (χ0) is 18.4. The first-order valence-corrected chi connectivity index (χ1v) is 7.28. The first-order valence-electron chi connectivity index (χ1n) is 7.28. The van der Waals surface area contributed by atoms with Crippen LogP contribution in [0.2, 0.25) is 0 Å². The highest BCUT2D eigenvalue weighted by Gasteiger charge is 2.20. The van der Waals surface area contributed by atoms with Crippen molar-refractivity contribution < 1.29 is 27.5 Å². The third-order valence-corrected chi connectivity index (χ3v) is 3.22. The standard InChI is InChI=1S/C17H15F3N2O3/c1-10(21-16(24)11-6-2-3-7-12(11)18)15(23)22-13-8-4-5-9-14(13)25-17(19)20/h2-10,17H,1H3,(H,21,24)(H,22,23). The molecule has 2 rings (SSSR count). The van der Waals surface area contributed by atoms with Gasteiger partial charge in [-0.25, -0.2) is 4.39 Å². The largest absolute Gasteiger partial charge is 0.433 e. The predicted molar refractivity (Wildman–Crippen MR) is 85.0 cm³/mol. The number of rotatable bonds is 6. The van der Waals surface area contributed by atoms with Gasteiger partial charge in [-0.15, -0.1) is 0 Å². The molecule has 5 nitrogen and oxygen atoms in total. The predicted octanol–water partition coefficient (Wildman–Crippen LogP) is 3.18. The van der Waals surface area contributed by atoms with E-state index in [1.54, 1.807) is 0 Å². The molecule has 2 aromatic rings. The molecule has 2 N–H and O–H groups in total. The van der Waals surface area contributed by atoms with E-state index in [0.717, 1.165) is 6.07 Å². The van der Waals surface area contributed by atoms with E-state index in [0.29, 0.717) is 0 Å². The summed E-state index contributed by atoms with van der Waals surface area (Å²) < 4.78 is 42.6. The van der Waals surface area contributed by atoms with Crippen LogP contribution in [0.4, 0.5) is 18.9 Å². The molecular formula is C17H15F3N2O3. The molecular weight excluding hydrogens is 337 g/mol. The number of carbonyl (C=O) groups excluding carboxylic acids is 2. The Bertz CT molecular complexity index is 768. The molecule has 0 aliphatic heterocycles. The van der Waals surface area contributed by atoms with E-state index in [-0.39, 0.29) is 17.0 Å². The van der Waals surface area contributed by atoms with Crippen LogP contribution in [0.25, 0.3) is 0 Å². The minimum atomic E-state index is -3.05. The van der Waals surface area contributed by atoms with Crippen LogP contribution >= 0.6 is 0 Å². The molecule has 0 radical (unpaired) electrons. The summed E-state index contributed by atoms with van der Waals surface area (Å²) in [7, 11) is 0. The van der Waals surface area contributed by atoms with Gasteiger partial charge in [-0.1, -0.05) is 24.3 Å². The maximum atomic E-state index is 13.6. The summed E-state index contributed by atoms with van der Waals surface area (Å²) in [4.78, 5) is 24.1. The highest BCUT2D eigenvalue weighted by Crippen LogP contribution is 2.25. The monoisotopic (exact) mass is 352 g/mol. The lowest BCUT2D eigenvalue weighted by atomic mass is 10.2. The zero-order valence-electron chi connectivity index (χ0n) is 13.1. The van der Waals surface area contributed by atoms with Gasteiger partial charge in [0, 0.05) is 0 Å². The van der Waals surface area contributed by atoms with E-state index >= 15 is 0 Å². The molecule has 0 aliphatic carbocycles. The molecule has 2 amide bonds. The summed E-state index contributed by atoms with van der Waals surface area (Å²) in [5, 5.41) is 4.72. The molecule has 0 saturated heterocycles. The van der Waals surface area contributed by atoms with E-state index in [9.17, 15) is 22.8 Å². The first kappa shape index (κ1) is 18.3. The van der Waals surface area contributed by atoms with Crippen molar-refractivity contribution in [3.8, 4) is 5.75 Å². The fourth-order valence-corrected chi connectivity index (χ4v) is 1.99. The highest BCUT2D eigenvalue weighted by atomic mass is 19.3. The fourth-order valence-electron chi connectivity index (χ4n) is 1.99. The van der Waals surface area contributed by atoms with Gasteiger partial charge in [-0.05, 0) is 31.2 Å². The lowest BCUT2D eigenvalue weighted by Crippen LogP contribution is -2.41. The third kappa shape index (κ3) is 4.97. The second-order valence-electron chi connectivity index (χ2n) is 5.04. The number of para-hydroxylation sites is 2. The Balaban J connectivity index is 2.04. The van der Waals surface area contributed by atoms with Crippen molar-refractivity contribution >= 4 is 17.5 Å².